The number of carbonyl (C=O) groups excluding carboxylic acids is 1. The van der Waals surface area contributed by atoms with Crippen molar-refractivity contribution in [2.24, 2.45) is 11.0 Å². The Hall–Kier alpha value is -3.74. The highest BCUT2D eigenvalue weighted by molar-refractivity contribution is 6.10. The molecule has 0 aliphatic heterocycles. The zero-order valence-corrected chi connectivity index (χ0v) is 20.5. The first kappa shape index (κ1) is 23.4. The predicted octanol–water partition coefficient (Wildman–Crippen LogP) is 5.12. The lowest BCUT2D eigenvalue weighted by Gasteiger charge is -2.18. The molecule has 0 aliphatic rings. The number of amides is 1. The molecule has 2 heterocycles. The molecule has 0 radical (unpaired) electrons. The highest BCUT2D eigenvalue weighted by atomic mass is 16.1. The van der Waals surface area contributed by atoms with Crippen molar-refractivity contribution in [1.82, 2.24) is 20.0 Å². The van der Waals surface area contributed by atoms with Crippen LogP contribution in [-0.4, -0.2) is 33.3 Å². The number of fused-ring (bicyclic) bond motifs is 2. The van der Waals surface area contributed by atoms with Crippen molar-refractivity contribution in [3.63, 3.8) is 0 Å². The second-order valence-corrected chi connectivity index (χ2v) is 10.0. The normalized spacial score (nSPS) is 12.3. The van der Waals surface area contributed by atoms with Gasteiger partial charge in [0.2, 0.25) is 0 Å². The molecular weight excluding hydrogens is 424 g/mol. The lowest BCUT2D eigenvalue weighted by atomic mass is 9.87. The van der Waals surface area contributed by atoms with Gasteiger partial charge in [0.1, 0.15) is 16.9 Å². The summed E-state index contributed by atoms with van der Waals surface area (Å²) in [6.45, 7) is 11.3. The molecule has 0 unspecified atom stereocenters. The number of aromatic nitrogens is 3. The van der Waals surface area contributed by atoms with Crippen LogP contribution in [0.25, 0.3) is 22.2 Å². The first-order valence-corrected chi connectivity index (χ1v) is 11.6. The first-order chi connectivity index (χ1) is 16.1. The summed E-state index contributed by atoms with van der Waals surface area (Å²) in [7, 11) is 0. The number of hydrogen-bond acceptors (Lipinski definition) is 5. The van der Waals surface area contributed by atoms with Gasteiger partial charge in [0.05, 0.1) is 17.2 Å². The van der Waals surface area contributed by atoms with Gasteiger partial charge in [0.25, 0.3) is 5.91 Å². The lowest BCUT2D eigenvalue weighted by Crippen LogP contribution is -2.26. The van der Waals surface area contributed by atoms with Gasteiger partial charge in [-0.1, -0.05) is 71.0 Å². The van der Waals surface area contributed by atoms with Crippen LogP contribution in [0.4, 0.5) is 5.82 Å². The molecule has 4 rings (SSSR count). The molecule has 0 saturated heterocycles. The van der Waals surface area contributed by atoms with Gasteiger partial charge in [-0.3, -0.25) is 4.79 Å². The highest BCUT2D eigenvalue weighted by Crippen LogP contribution is 2.28. The van der Waals surface area contributed by atoms with Gasteiger partial charge in [0.15, 0.2) is 5.65 Å². The highest BCUT2D eigenvalue weighted by Gasteiger charge is 2.24. The van der Waals surface area contributed by atoms with Gasteiger partial charge >= 0.3 is 0 Å². The third-order valence-electron chi connectivity index (χ3n) is 5.81. The van der Waals surface area contributed by atoms with Crippen LogP contribution < -0.4 is 11.1 Å². The van der Waals surface area contributed by atoms with E-state index in [2.05, 4.69) is 57.2 Å². The summed E-state index contributed by atoms with van der Waals surface area (Å²) in [5, 5.41) is 7.57. The van der Waals surface area contributed by atoms with E-state index < -0.39 is 0 Å². The summed E-state index contributed by atoms with van der Waals surface area (Å²) >= 11 is 0. The molecular formula is C27H32N6O. The van der Waals surface area contributed by atoms with E-state index in [1.165, 1.54) is 10.2 Å². The van der Waals surface area contributed by atoms with Crippen LogP contribution in [0.15, 0.2) is 53.6 Å². The smallest absolute Gasteiger partial charge is 0.257 e. The SMILES string of the molecule is CC(C)CCNC(=O)c1c(N)n(/N=C/c2ccc(C(C)(C)C)cc2)c2nc3ccccc3nc12. The fourth-order valence-corrected chi connectivity index (χ4v) is 3.74. The molecule has 176 valence electrons. The van der Waals surface area contributed by atoms with Crippen LogP contribution in [0.5, 0.6) is 0 Å². The number of hydrogen-bond donors (Lipinski definition) is 2. The van der Waals surface area contributed by atoms with Gasteiger partial charge in [-0.15, -0.1) is 0 Å². The van der Waals surface area contributed by atoms with Crippen LogP contribution in [0.2, 0.25) is 0 Å². The summed E-state index contributed by atoms with van der Waals surface area (Å²) < 4.78 is 1.50. The summed E-state index contributed by atoms with van der Waals surface area (Å²) in [5.74, 6) is 0.433. The van der Waals surface area contributed by atoms with E-state index in [0.717, 1.165) is 12.0 Å². The number of nitrogens with zero attached hydrogens (tertiary/aromatic N) is 4. The van der Waals surface area contributed by atoms with Crippen molar-refractivity contribution in [2.45, 2.75) is 46.5 Å². The summed E-state index contributed by atoms with van der Waals surface area (Å²) in [5.41, 5.74) is 11.3. The van der Waals surface area contributed by atoms with Crippen LogP contribution >= 0.6 is 0 Å². The summed E-state index contributed by atoms with van der Waals surface area (Å²) in [4.78, 5) is 22.5. The molecule has 0 saturated carbocycles. The Balaban J connectivity index is 1.77. The van der Waals surface area contributed by atoms with Crippen LogP contribution in [0.3, 0.4) is 0 Å². The number of rotatable bonds is 6. The van der Waals surface area contributed by atoms with Gasteiger partial charge in [-0.05, 0) is 41.0 Å². The molecule has 0 spiro atoms. The second-order valence-electron chi connectivity index (χ2n) is 10.0. The van der Waals surface area contributed by atoms with E-state index in [4.69, 9.17) is 15.7 Å². The maximum absolute atomic E-state index is 13.1. The molecule has 2 aromatic heterocycles. The molecule has 2 aromatic carbocycles. The Bertz CT molecular complexity index is 1360. The Morgan fingerprint density at radius 1 is 1.09 bits per heavy atom. The quantitative estimate of drug-likeness (QED) is 0.393. The molecule has 7 nitrogen and oxygen atoms in total. The van der Waals surface area contributed by atoms with Crippen molar-refractivity contribution in [3.8, 4) is 0 Å². The molecule has 7 heteroatoms. The number of nitrogens with one attached hydrogen (secondary N) is 1. The van der Waals surface area contributed by atoms with Gasteiger partial charge in [-0.2, -0.15) is 9.78 Å². The van der Waals surface area contributed by atoms with E-state index in [-0.39, 0.29) is 17.1 Å². The third-order valence-corrected chi connectivity index (χ3v) is 5.81. The zero-order valence-electron chi connectivity index (χ0n) is 20.5. The van der Waals surface area contributed by atoms with E-state index in [0.29, 0.717) is 40.2 Å². The number of para-hydroxylation sites is 2. The van der Waals surface area contributed by atoms with Crippen LogP contribution in [0, 0.1) is 5.92 Å². The number of nitrogen functional groups attached to an aromatic ring is 1. The Kier molecular flexibility index (Phi) is 6.37. The van der Waals surface area contributed by atoms with Crippen LogP contribution in [-0.2, 0) is 5.41 Å². The van der Waals surface area contributed by atoms with E-state index in [1.54, 1.807) is 6.21 Å². The fraction of sp³-hybridized carbons (Fsp3) is 0.333. The van der Waals surface area contributed by atoms with Crippen molar-refractivity contribution < 1.29 is 4.79 Å². The van der Waals surface area contributed by atoms with E-state index >= 15 is 0 Å². The van der Waals surface area contributed by atoms with E-state index in [1.807, 2.05) is 36.4 Å². The molecule has 1 amide bonds. The van der Waals surface area contributed by atoms with Gasteiger partial charge < -0.3 is 11.1 Å². The Morgan fingerprint density at radius 3 is 2.35 bits per heavy atom. The average molecular weight is 457 g/mol. The van der Waals surface area contributed by atoms with Crippen molar-refractivity contribution >= 4 is 40.1 Å². The third kappa shape index (κ3) is 4.78. The van der Waals surface area contributed by atoms with Crippen molar-refractivity contribution in [2.75, 3.05) is 12.3 Å². The number of benzene rings is 2. The minimum Gasteiger partial charge on any atom is -0.383 e. The van der Waals surface area contributed by atoms with Crippen molar-refractivity contribution in [1.29, 1.82) is 0 Å². The van der Waals surface area contributed by atoms with Crippen LogP contribution in [0.1, 0.15) is 62.5 Å². The standard InChI is InChI=1S/C27H32N6O/c1-17(2)14-15-29-26(34)22-23-25(32-21-9-7-6-8-20(21)31-23)33(24(22)28)30-16-18-10-12-19(13-11-18)27(3,4)5/h6-13,16-17H,14-15,28H2,1-5H3,(H,29,34)/b30-16+. The van der Waals surface area contributed by atoms with E-state index in [9.17, 15) is 4.79 Å². The number of carbonyl (C=O) groups is 1. The molecule has 34 heavy (non-hydrogen) atoms. The van der Waals surface area contributed by atoms with Crippen molar-refractivity contribution in [3.05, 3.63) is 65.2 Å². The molecule has 4 aromatic rings. The van der Waals surface area contributed by atoms with Gasteiger partial charge in [-0.25, -0.2) is 9.97 Å². The Morgan fingerprint density at radius 2 is 1.74 bits per heavy atom. The largest absolute Gasteiger partial charge is 0.383 e. The molecule has 3 N–H and O–H groups in total. The summed E-state index contributed by atoms with van der Waals surface area (Å²) in [6, 6.07) is 15.8. The lowest BCUT2D eigenvalue weighted by molar-refractivity contribution is 0.0954. The Labute approximate surface area is 200 Å². The minimum absolute atomic E-state index is 0.0746. The zero-order chi connectivity index (χ0) is 24.5. The molecule has 0 aliphatic carbocycles. The fourth-order valence-electron chi connectivity index (χ4n) is 3.74. The molecule has 0 atom stereocenters. The average Bonchev–Trinajstić information content (AvgIpc) is 3.05. The maximum atomic E-state index is 13.1. The monoisotopic (exact) mass is 456 g/mol. The number of nitrogens with two attached hydrogens (primary N) is 1. The predicted molar refractivity (Wildman–Crippen MR) is 139 cm³/mol. The molecule has 0 fully saturated rings. The number of anilines is 1. The minimum atomic E-state index is -0.267. The first-order valence-electron chi connectivity index (χ1n) is 11.6. The second kappa shape index (κ2) is 9.25. The topological polar surface area (TPSA) is 98.2 Å². The molecule has 0 bridgehead atoms. The maximum Gasteiger partial charge on any atom is 0.257 e. The van der Waals surface area contributed by atoms with Gasteiger partial charge in [0, 0.05) is 6.54 Å². The summed E-state index contributed by atoms with van der Waals surface area (Å²) in [6.07, 6.45) is 2.60.